The van der Waals surface area contributed by atoms with Crippen molar-refractivity contribution in [1.82, 2.24) is 4.98 Å². The summed E-state index contributed by atoms with van der Waals surface area (Å²) in [6, 6.07) is 2.02. The molecule has 0 aliphatic carbocycles. The van der Waals surface area contributed by atoms with Gasteiger partial charge in [0.25, 0.3) is 0 Å². The van der Waals surface area contributed by atoms with Gasteiger partial charge in [-0.05, 0) is 36.8 Å². The Hall–Kier alpha value is -0.970. The molecule has 4 nitrogen and oxygen atoms in total. The Morgan fingerprint density at radius 2 is 2.32 bits per heavy atom. The van der Waals surface area contributed by atoms with Crippen LogP contribution < -0.4 is 0 Å². The lowest BCUT2D eigenvalue weighted by Gasteiger charge is -2.39. The second kappa shape index (κ2) is 5.19. The van der Waals surface area contributed by atoms with Gasteiger partial charge in [-0.3, -0.25) is 4.98 Å². The van der Waals surface area contributed by atoms with Crippen LogP contribution in [0.3, 0.4) is 0 Å². The van der Waals surface area contributed by atoms with Gasteiger partial charge in [-0.15, -0.1) is 0 Å². The summed E-state index contributed by atoms with van der Waals surface area (Å²) in [5.41, 5.74) is 1.85. The molecular weight excluding hydrogens is 242 g/mol. The van der Waals surface area contributed by atoms with Gasteiger partial charge < -0.3 is 14.6 Å². The van der Waals surface area contributed by atoms with Gasteiger partial charge in [0.05, 0.1) is 18.3 Å². The Labute approximate surface area is 113 Å². The Bertz CT molecular complexity index is 443. The molecule has 0 aromatic carbocycles. The van der Waals surface area contributed by atoms with Crippen LogP contribution in [-0.4, -0.2) is 35.5 Å². The summed E-state index contributed by atoms with van der Waals surface area (Å²) in [6.45, 7) is 4.15. The molecule has 3 unspecified atom stereocenters. The van der Waals surface area contributed by atoms with Crippen LogP contribution >= 0.6 is 0 Å². The number of rotatable bonds is 2. The zero-order chi connectivity index (χ0) is 13.3. The van der Waals surface area contributed by atoms with E-state index in [-0.39, 0.29) is 11.5 Å². The van der Waals surface area contributed by atoms with Crippen molar-refractivity contribution in [1.29, 1.82) is 0 Å². The smallest absolute Gasteiger partial charge is 0.0940 e. The molecule has 3 rings (SSSR count). The molecule has 1 N–H and O–H groups in total. The summed E-state index contributed by atoms with van der Waals surface area (Å²) in [5.74, 6) is 0.235. The summed E-state index contributed by atoms with van der Waals surface area (Å²) in [5, 5.41) is 10.6. The van der Waals surface area contributed by atoms with Gasteiger partial charge in [0.15, 0.2) is 0 Å². The third-order valence-corrected chi connectivity index (χ3v) is 4.28. The molecule has 4 heteroatoms. The van der Waals surface area contributed by atoms with Crippen LogP contribution in [0, 0.1) is 12.8 Å². The summed E-state index contributed by atoms with van der Waals surface area (Å²) in [4.78, 5) is 4.17. The highest BCUT2D eigenvalue weighted by Gasteiger charge is 2.42. The summed E-state index contributed by atoms with van der Waals surface area (Å²) in [6.07, 6.45) is 5.85. The minimum Gasteiger partial charge on any atom is -0.388 e. The third-order valence-electron chi connectivity index (χ3n) is 4.28. The molecule has 2 fully saturated rings. The average Bonchev–Trinajstić information content (AvgIpc) is 2.86. The molecule has 3 heterocycles. The van der Waals surface area contributed by atoms with E-state index in [1.807, 2.05) is 19.2 Å². The molecule has 0 radical (unpaired) electrons. The number of pyridine rings is 1. The topological polar surface area (TPSA) is 51.6 Å². The van der Waals surface area contributed by atoms with Crippen molar-refractivity contribution < 1.29 is 14.6 Å². The number of nitrogens with zero attached hydrogens (tertiary/aromatic N) is 1. The van der Waals surface area contributed by atoms with E-state index >= 15 is 0 Å². The maximum atomic E-state index is 10.6. The minimum absolute atomic E-state index is 0.152. The molecule has 2 aliphatic rings. The fourth-order valence-electron chi connectivity index (χ4n) is 3.21. The van der Waals surface area contributed by atoms with Crippen molar-refractivity contribution in [3.63, 3.8) is 0 Å². The molecule has 0 amide bonds. The van der Waals surface area contributed by atoms with E-state index in [1.165, 1.54) is 0 Å². The van der Waals surface area contributed by atoms with Crippen molar-refractivity contribution >= 4 is 0 Å². The molecule has 3 atom stereocenters. The van der Waals surface area contributed by atoms with Gasteiger partial charge in [-0.1, -0.05) is 6.07 Å². The van der Waals surface area contributed by atoms with E-state index in [1.54, 1.807) is 6.20 Å². The largest absolute Gasteiger partial charge is 0.388 e. The molecule has 2 saturated heterocycles. The Balaban J connectivity index is 1.74. The van der Waals surface area contributed by atoms with E-state index in [0.29, 0.717) is 13.2 Å². The predicted molar refractivity (Wildman–Crippen MR) is 70.8 cm³/mol. The molecular formula is C15H21NO3. The Morgan fingerprint density at radius 1 is 1.42 bits per heavy atom. The lowest BCUT2D eigenvalue weighted by Crippen LogP contribution is -2.41. The lowest BCUT2D eigenvalue weighted by atomic mass is 9.80. The quantitative estimate of drug-likeness (QED) is 0.886. The molecule has 19 heavy (non-hydrogen) atoms. The molecule has 0 bridgehead atoms. The van der Waals surface area contributed by atoms with Gasteiger partial charge in [-0.2, -0.15) is 0 Å². The second-order valence-corrected chi connectivity index (χ2v) is 5.83. The van der Waals surface area contributed by atoms with Crippen LogP contribution in [0.1, 0.15) is 36.5 Å². The van der Waals surface area contributed by atoms with Gasteiger partial charge in [0, 0.05) is 32.0 Å². The molecule has 104 valence electrons. The number of hydrogen-bond donors (Lipinski definition) is 1. The Kier molecular flexibility index (Phi) is 3.56. The minimum atomic E-state index is -0.450. The molecule has 2 aliphatic heterocycles. The van der Waals surface area contributed by atoms with Crippen LogP contribution in [-0.2, 0) is 9.47 Å². The van der Waals surface area contributed by atoms with Crippen LogP contribution in [0.5, 0.6) is 0 Å². The van der Waals surface area contributed by atoms with Gasteiger partial charge in [0.1, 0.15) is 0 Å². The highest BCUT2D eigenvalue weighted by atomic mass is 16.6. The predicted octanol–water partition coefficient (Wildman–Crippen LogP) is 2.01. The second-order valence-electron chi connectivity index (χ2n) is 5.83. The van der Waals surface area contributed by atoms with Gasteiger partial charge in [0.2, 0.25) is 0 Å². The van der Waals surface area contributed by atoms with E-state index < -0.39 is 6.10 Å². The van der Waals surface area contributed by atoms with Crippen molar-refractivity contribution in [2.45, 2.75) is 37.9 Å². The first-order valence-electron chi connectivity index (χ1n) is 7.00. The van der Waals surface area contributed by atoms with E-state index in [2.05, 4.69) is 4.98 Å². The maximum Gasteiger partial charge on any atom is 0.0940 e. The van der Waals surface area contributed by atoms with Gasteiger partial charge >= 0.3 is 0 Å². The van der Waals surface area contributed by atoms with Crippen molar-refractivity contribution in [3.05, 3.63) is 29.6 Å². The standard InChI is InChI=1S/C15H21NO3/c1-11-6-13(9-16-8-11)14(17)12-2-4-19-15(7-12)3-5-18-10-15/h6,8-9,12,14,17H,2-5,7,10H2,1H3. The molecule has 0 saturated carbocycles. The first-order valence-corrected chi connectivity index (χ1v) is 7.00. The van der Waals surface area contributed by atoms with Crippen molar-refractivity contribution in [2.24, 2.45) is 5.92 Å². The third kappa shape index (κ3) is 2.66. The summed E-state index contributed by atoms with van der Waals surface area (Å²) < 4.78 is 11.4. The van der Waals surface area contributed by atoms with Crippen molar-refractivity contribution in [3.8, 4) is 0 Å². The first kappa shape index (κ1) is 13.0. The average molecular weight is 263 g/mol. The monoisotopic (exact) mass is 263 g/mol. The van der Waals surface area contributed by atoms with E-state index in [4.69, 9.17) is 9.47 Å². The van der Waals surface area contributed by atoms with E-state index in [0.717, 1.165) is 37.0 Å². The zero-order valence-corrected chi connectivity index (χ0v) is 11.3. The number of aliphatic hydroxyl groups is 1. The first-order chi connectivity index (χ1) is 9.19. The van der Waals surface area contributed by atoms with Crippen LogP contribution in [0.4, 0.5) is 0 Å². The molecule has 1 aromatic heterocycles. The van der Waals surface area contributed by atoms with Crippen LogP contribution in [0.25, 0.3) is 0 Å². The van der Waals surface area contributed by atoms with Crippen molar-refractivity contribution in [2.75, 3.05) is 19.8 Å². The van der Waals surface area contributed by atoms with Gasteiger partial charge in [-0.25, -0.2) is 0 Å². The van der Waals surface area contributed by atoms with Crippen LogP contribution in [0.15, 0.2) is 18.5 Å². The lowest BCUT2D eigenvalue weighted by molar-refractivity contribution is -0.117. The number of aromatic nitrogens is 1. The summed E-state index contributed by atoms with van der Waals surface area (Å²) >= 11 is 0. The fraction of sp³-hybridized carbons (Fsp3) is 0.667. The number of aliphatic hydroxyl groups excluding tert-OH is 1. The molecule has 1 spiro atoms. The molecule has 1 aromatic rings. The zero-order valence-electron chi connectivity index (χ0n) is 11.3. The highest BCUT2D eigenvalue weighted by Crippen LogP contribution is 2.40. The SMILES string of the molecule is Cc1cncc(C(O)C2CCOC3(CCOC3)C2)c1. The van der Waals surface area contributed by atoms with E-state index in [9.17, 15) is 5.11 Å². The highest BCUT2D eigenvalue weighted by molar-refractivity contribution is 5.19. The Morgan fingerprint density at radius 3 is 3.05 bits per heavy atom. The number of aryl methyl sites for hydroxylation is 1. The summed E-state index contributed by atoms with van der Waals surface area (Å²) in [7, 11) is 0. The number of hydrogen-bond acceptors (Lipinski definition) is 4. The normalized spacial score (nSPS) is 32.6. The fourth-order valence-corrected chi connectivity index (χ4v) is 3.21. The maximum absolute atomic E-state index is 10.6. The number of ether oxygens (including phenoxy) is 2. The van der Waals surface area contributed by atoms with Crippen LogP contribution in [0.2, 0.25) is 0 Å².